The van der Waals surface area contributed by atoms with E-state index in [-0.39, 0.29) is 0 Å². The Morgan fingerprint density at radius 3 is 2.44 bits per heavy atom. The van der Waals surface area contributed by atoms with Crippen LogP contribution < -0.4 is 5.73 Å². The van der Waals surface area contributed by atoms with Gasteiger partial charge in [0.15, 0.2) is 0 Å². The molecule has 18 heavy (non-hydrogen) atoms. The lowest BCUT2D eigenvalue weighted by molar-refractivity contribution is 0.206. The van der Waals surface area contributed by atoms with Crippen LogP contribution in [-0.4, -0.2) is 31.6 Å². The van der Waals surface area contributed by atoms with Crippen LogP contribution in [0, 0.1) is 5.92 Å². The molecule has 1 heterocycles. The van der Waals surface area contributed by atoms with Gasteiger partial charge in [0.05, 0.1) is 0 Å². The zero-order chi connectivity index (χ0) is 13.0. The maximum absolute atomic E-state index is 5.97. The third-order valence-electron chi connectivity index (χ3n) is 4.08. The summed E-state index contributed by atoms with van der Waals surface area (Å²) < 4.78 is 1.14. The second-order valence-corrected chi connectivity index (χ2v) is 6.38. The van der Waals surface area contributed by atoms with Gasteiger partial charge in [-0.25, -0.2) is 0 Å². The number of likely N-dealkylation sites (tertiary alicyclic amines) is 1. The van der Waals surface area contributed by atoms with Crippen molar-refractivity contribution in [2.75, 3.05) is 26.7 Å². The van der Waals surface area contributed by atoms with Gasteiger partial charge in [0.2, 0.25) is 0 Å². The summed E-state index contributed by atoms with van der Waals surface area (Å²) in [5.41, 5.74) is 7.35. The fourth-order valence-corrected chi connectivity index (χ4v) is 3.07. The Kier molecular flexibility index (Phi) is 5.22. The minimum Gasteiger partial charge on any atom is -0.330 e. The molecule has 0 amide bonds. The fourth-order valence-electron chi connectivity index (χ4n) is 2.80. The molecule has 1 aromatic rings. The van der Waals surface area contributed by atoms with Crippen molar-refractivity contribution in [3.05, 3.63) is 34.3 Å². The van der Waals surface area contributed by atoms with E-state index in [0.717, 1.165) is 16.9 Å². The van der Waals surface area contributed by atoms with Gasteiger partial charge in [-0.3, -0.25) is 0 Å². The number of nitrogens with zero attached hydrogens (tertiary/aromatic N) is 1. The van der Waals surface area contributed by atoms with E-state index in [1.807, 2.05) is 0 Å². The van der Waals surface area contributed by atoms with Gasteiger partial charge in [-0.05, 0) is 75.5 Å². The Bertz CT molecular complexity index is 355. The monoisotopic (exact) mass is 310 g/mol. The lowest BCUT2D eigenvalue weighted by Gasteiger charge is -2.31. The van der Waals surface area contributed by atoms with Gasteiger partial charge in [-0.1, -0.05) is 28.1 Å². The molecule has 0 saturated carbocycles. The molecule has 0 bridgehead atoms. The highest BCUT2D eigenvalue weighted by Gasteiger charge is 2.21. The van der Waals surface area contributed by atoms with Crippen LogP contribution in [0.15, 0.2) is 28.7 Å². The van der Waals surface area contributed by atoms with E-state index in [1.165, 1.54) is 37.9 Å². The molecule has 0 radical (unpaired) electrons. The van der Waals surface area contributed by atoms with E-state index in [1.54, 1.807) is 0 Å². The molecule has 1 saturated heterocycles. The Morgan fingerprint density at radius 2 is 1.89 bits per heavy atom. The molecule has 1 unspecified atom stereocenters. The van der Waals surface area contributed by atoms with E-state index < -0.39 is 0 Å². The first-order valence-electron chi connectivity index (χ1n) is 6.83. The van der Waals surface area contributed by atoms with Crippen LogP contribution in [0.25, 0.3) is 0 Å². The molecule has 1 aliphatic heterocycles. The molecular weight excluding hydrogens is 288 g/mol. The molecule has 0 aromatic heterocycles. The molecule has 2 nitrogen and oxygen atoms in total. The molecule has 1 fully saturated rings. The summed E-state index contributed by atoms with van der Waals surface area (Å²) in [4.78, 5) is 2.42. The molecule has 1 atom stereocenters. The van der Waals surface area contributed by atoms with Crippen LogP contribution in [0.2, 0.25) is 0 Å². The molecule has 0 aliphatic carbocycles. The Balaban J connectivity index is 1.94. The maximum atomic E-state index is 5.97. The first-order valence-corrected chi connectivity index (χ1v) is 7.62. The van der Waals surface area contributed by atoms with Gasteiger partial charge in [-0.2, -0.15) is 0 Å². The molecule has 1 aromatic carbocycles. The van der Waals surface area contributed by atoms with Crippen molar-refractivity contribution >= 4 is 15.9 Å². The Morgan fingerprint density at radius 1 is 1.28 bits per heavy atom. The summed E-state index contributed by atoms with van der Waals surface area (Å²) in [6.45, 7) is 3.23. The molecule has 1 aliphatic rings. The van der Waals surface area contributed by atoms with Gasteiger partial charge >= 0.3 is 0 Å². The molecule has 0 spiro atoms. The average Bonchev–Trinajstić information content (AvgIpc) is 2.39. The normalized spacial score (nSPS) is 19.9. The van der Waals surface area contributed by atoms with E-state index in [9.17, 15) is 0 Å². The zero-order valence-electron chi connectivity index (χ0n) is 11.1. The quantitative estimate of drug-likeness (QED) is 0.925. The predicted molar refractivity (Wildman–Crippen MR) is 80.8 cm³/mol. The van der Waals surface area contributed by atoms with Crippen LogP contribution in [0.5, 0.6) is 0 Å². The number of hydrogen-bond donors (Lipinski definition) is 1. The third kappa shape index (κ3) is 3.81. The molecule has 2 rings (SSSR count). The SMILES string of the molecule is CN1CCC(CC(CN)c2ccc(Br)cc2)CC1. The van der Waals surface area contributed by atoms with Crippen LogP contribution in [-0.2, 0) is 0 Å². The lowest BCUT2D eigenvalue weighted by Crippen LogP contribution is -2.31. The smallest absolute Gasteiger partial charge is 0.0175 e. The first kappa shape index (κ1) is 14.0. The van der Waals surface area contributed by atoms with Gasteiger partial charge in [0.1, 0.15) is 0 Å². The summed E-state index contributed by atoms with van der Waals surface area (Å²) in [5, 5.41) is 0. The van der Waals surface area contributed by atoms with E-state index >= 15 is 0 Å². The second-order valence-electron chi connectivity index (χ2n) is 5.47. The van der Waals surface area contributed by atoms with Crippen molar-refractivity contribution in [2.45, 2.75) is 25.2 Å². The van der Waals surface area contributed by atoms with Crippen molar-refractivity contribution in [2.24, 2.45) is 11.7 Å². The summed E-state index contributed by atoms with van der Waals surface area (Å²) in [6, 6.07) is 8.65. The van der Waals surface area contributed by atoms with Crippen molar-refractivity contribution < 1.29 is 0 Å². The number of hydrogen-bond acceptors (Lipinski definition) is 2. The minimum absolute atomic E-state index is 0.520. The highest BCUT2D eigenvalue weighted by molar-refractivity contribution is 9.10. The van der Waals surface area contributed by atoms with Crippen LogP contribution in [0.4, 0.5) is 0 Å². The number of halogens is 1. The second kappa shape index (κ2) is 6.69. The summed E-state index contributed by atoms with van der Waals surface area (Å²) in [6.07, 6.45) is 3.89. The number of rotatable bonds is 4. The first-order chi connectivity index (χ1) is 8.69. The largest absolute Gasteiger partial charge is 0.330 e. The van der Waals surface area contributed by atoms with Gasteiger partial charge in [0.25, 0.3) is 0 Å². The predicted octanol–water partition coefficient (Wildman–Crippen LogP) is 3.22. The number of piperidine rings is 1. The van der Waals surface area contributed by atoms with Gasteiger partial charge in [0, 0.05) is 4.47 Å². The highest BCUT2D eigenvalue weighted by Crippen LogP contribution is 2.29. The van der Waals surface area contributed by atoms with Crippen molar-refractivity contribution in [3.63, 3.8) is 0 Å². The Hall–Kier alpha value is -0.380. The third-order valence-corrected chi connectivity index (χ3v) is 4.61. The lowest BCUT2D eigenvalue weighted by atomic mass is 9.84. The van der Waals surface area contributed by atoms with E-state index in [4.69, 9.17) is 5.73 Å². The van der Waals surface area contributed by atoms with E-state index in [2.05, 4.69) is 52.1 Å². The highest BCUT2D eigenvalue weighted by atomic mass is 79.9. The molecular formula is C15H23BrN2. The Labute approximate surface area is 119 Å². The minimum atomic E-state index is 0.520. The summed E-state index contributed by atoms with van der Waals surface area (Å²) in [5.74, 6) is 1.37. The van der Waals surface area contributed by atoms with Crippen LogP contribution >= 0.6 is 15.9 Å². The summed E-state index contributed by atoms with van der Waals surface area (Å²) >= 11 is 3.48. The number of benzene rings is 1. The van der Waals surface area contributed by atoms with Crippen LogP contribution in [0.1, 0.15) is 30.7 Å². The topological polar surface area (TPSA) is 29.3 Å². The molecule has 3 heteroatoms. The maximum Gasteiger partial charge on any atom is 0.0175 e. The number of nitrogens with two attached hydrogens (primary N) is 1. The van der Waals surface area contributed by atoms with Gasteiger partial charge < -0.3 is 10.6 Å². The molecule has 100 valence electrons. The fraction of sp³-hybridized carbons (Fsp3) is 0.600. The molecule has 2 N–H and O–H groups in total. The van der Waals surface area contributed by atoms with Crippen molar-refractivity contribution in [1.82, 2.24) is 4.90 Å². The van der Waals surface area contributed by atoms with Crippen molar-refractivity contribution in [1.29, 1.82) is 0 Å². The van der Waals surface area contributed by atoms with Gasteiger partial charge in [-0.15, -0.1) is 0 Å². The van der Waals surface area contributed by atoms with Crippen molar-refractivity contribution in [3.8, 4) is 0 Å². The summed E-state index contributed by atoms with van der Waals surface area (Å²) in [7, 11) is 2.21. The standard InChI is InChI=1S/C15H23BrN2/c1-18-8-6-12(7-9-18)10-14(11-17)13-2-4-15(16)5-3-13/h2-5,12,14H,6-11,17H2,1H3. The van der Waals surface area contributed by atoms with E-state index in [0.29, 0.717) is 5.92 Å². The average molecular weight is 311 g/mol. The zero-order valence-corrected chi connectivity index (χ0v) is 12.7. The van der Waals surface area contributed by atoms with Crippen LogP contribution in [0.3, 0.4) is 0 Å².